The summed E-state index contributed by atoms with van der Waals surface area (Å²) in [5.41, 5.74) is 0.104. The predicted molar refractivity (Wildman–Crippen MR) is 72.2 cm³/mol. The van der Waals surface area contributed by atoms with E-state index in [0.717, 1.165) is 6.42 Å². The van der Waals surface area contributed by atoms with E-state index in [1.807, 2.05) is 13.8 Å². The standard InChI is InChI=1S/C14H21NO4/c1-14(2,4-3-5-16)9-15-13(19)10-6-11(17)8-12(18)7-10/h6-8,16-18H,3-5,9H2,1-2H3,(H,15,19). The number of benzene rings is 1. The van der Waals surface area contributed by atoms with Crippen LogP contribution in [0.15, 0.2) is 18.2 Å². The highest BCUT2D eigenvalue weighted by atomic mass is 16.3. The highest BCUT2D eigenvalue weighted by molar-refractivity contribution is 5.95. The minimum absolute atomic E-state index is 0.114. The first-order valence-electron chi connectivity index (χ1n) is 6.26. The van der Waals surface area contributed by atoms with E-state index in [1.54, 1.807) is 0 Å². The van der Waals surface area contributed by atoms with Crippen molar-refractivity contribution in [2.45, 2.75) is 26.7 Å². The third-order valence-corrected chi connectivity index (χ3v) is 2.90. The predicted octanol–water partition coefficient (Wildman–Crippen LogP) is 1.63. The molecular formula is C14H21NO4. The van der Waals surface area contributed by atoms with E-state index in [1.165, 1.54) is 18.2 Å². The number of aromatic hydroxyl groups is 2. The van der Waals surface area contributed by atoms with Gasteiger partial charge in [-0.1, -0.05) is 13.8 Å². The summed E-state index contributed by atoms with van der Waals surface area (Å²) in [5, 5.41) is 30.2. The number of nitrogens with one attached hydrogen (secondary N) is 1. The van der Waals surface area contributed by atoms with Gasteiger partial charge < -0.3 is 20.6 Å². The summed E-state index contributed by atoms with van der Waals surface area (Å²) in [6, 6.07) is 3.77. The molecule has 5 heteroatoms. The number of phenolic OH excluding ortho intramolecular Hbond substituents is 2. The van der Waals surface area contributed by atoms with Gasteiger partial charge in [-0.2, -0.15) is 0 Å². The minimum Gasteiger partial charge on any atom is -0.508 e. The maximum Gasteiger partial charge on any atom is 0.251 e. The Labute approximate surface area is 112 Å². The van der Waals surface area contributed by atoms with Crippen molar-refractivity contribution in [3.8, 4) is 11.5 Å². The van der Waals surface area contributed by atoms with Crippen molar-refractivity contribution in [2.24, 2.45) is 5.41 Å². The zero-order valence-electron chi connectivity index (χ0n) is 11.3. The number of amides is 1. The summed E-state index contributed by atoms with van der Waals surface area (Å²) < 4.78 is 0. The Morgan fingerprint density at radius 2 is 1.79 bits per heavy atom. The third-order valence-electron chi connectivity index (χ3n) is 2.90. The molecule has 4 N–H and O–H groups in total. The number of carbonyl (C=O) groups excluding carboxylic acids is 1. The third kappa shape index (κ3) is 5.18. The quantitative estimate of drug-likeness (QED) is 0.630. The van der Waals surface area contributed by atoms with Gasteiger partial charge in [-0.25, -0.2) is 0 Å². The lowest BCUT2D eigenvalue weighted by Gasteiger charge is -2.24. The Hall–Kier alpha value is -1.75. The largest absolute Gasteiger partial charge is 0.508 e. The van der Waals surface area contributed by atoms with Crippen LogP contribution in [0, 0.1) is 5.41 Å². The van der Waals surface area contributed by atoms with Crippen molar-refractivity contribution in [3.05, 3.63) is 23.8 Å². The first-order valence-corrected chi connectivity index (χ1v) is 6.26. The molecule has 0 unspecified atom stereocenters. The van der Waals surface area contributed by atoms with Gasteiger partial charge in [-0.3, -0.25) is 4.79 Å². The Morgan fingerprint density at radius 3 is 2.32 bits per heavy atom. The van der Waals surface area contributed by atoms with E-state index in [2.05, 4.69) is 5.32 Å². The van der Waals surface area contributed by atoms with Gasteiger partial charge in [0, 0.05) is 24.8 Å². The summed E-state index contributed by atoms with van der Waals surface area (Å²) in [6.45, 7) is 4.60. The molecule has 0 saturated heterocycles. The van der Waals surface area contributed by atoms with E-state index in [-0.39, 0.29) is 35.0 Å². The SMILES string of the molecule is CC(C)(CCCO)CNC(=O)c1cc(O)cc(O)c1. The highest BCUT2D eigenvalue weighted by Crippen LogP contribution is 2.22. The second-order valence-electron chi connectivity index (χ2n) is 5.41. The molecule has 1 amide bonds. The lowest BCUT2D eigenvalue weighted by atomic mass is 9.88. The maximum atomic E-state index is 11.9. The van der Waals surface area contributed by atoms with E-state index in [0.29, 0.717) is 13.0 Å². The van der Waals surface area contributed by atoms with Crippen molar-refractivity contribution in [1.82, 2.24) is 5.32 Å². The van der Waals surface area contributed by atoms with Crippen LogP contribution in [0.25, 0.3) is 0 Å². The van der Waals surface area contributed by atoms with Gasteiger partial charge in [-0.15, -0.1) is 0 Å². The molecule has 0 aliphatic rings. The van der Waals surface area contributed by atoms with Crippen LogP contribution in [0.5, 0.6) is 11.5 Å². The molecule has 19 heavy (non-hydrogen) atoms. The molecule has 0 radical (unpaired) electrons. The maximum absolute atomic E-state index is 11.9. The lowest BCUT2D eigenvalue weighted by Crippen LogP contribution is -2.34. The fourth-order valence-electron chi connectivity index (χ4n) is 1.79. The summed E-state index contributed by atoms with van der Waals surface area (Å²) >= 11 is 0. The van der Waals surface area contributed by atoms with Crippen LogP contribution in [0.3, 0.4) is 0 Å². The molecule has 0 fully saturated rings. The molecule has 1 rings (SSSR count). The molecule has 0 saturated carbocycles. The Bertz CT molecular complexity index is 423. The van der Waals surface area contributed by atoms with Crippen molar-refractivity contribution in [2.75, 3.05) is 13.2 Å². The number of carbonyl (C=O) groups is 1. The first kappa shape index (κ1) is 15.3. The lowest BCUT2D eigenvalue weighted by molar-refractivity contribution is 0.0932. The van der Waals surface area contributed by atoms with Crippen LogP contribution < -0.4 is 5.32 Å². The van der Waals surface area contributed by atoms with Crippen molar-refractivity contribution in [1.29, 1.82) is 0 Å². The average molecular weight is 267 g/mol. The van der Waals surface area contributed by atoms with Gasteiger partial charge in [-0.05, 0) is 30.4 Å². The second-order valence-corrected chi connectivity index (χ2v) is 5.41. The fourth-order valence-corrected chi connectivity index (χ4v) is 1.79. The molecule has 0 aromatic heterocycles. The molecule has 0 bridgehead atoms. The van der Waals surface area contributed by atoms with Crippen LogP contribution in [0.1, 0.15) is 37.0 Å². The summed E-state index contributed by atoms with van der Waals surface area (Å²) in [5.74, 6) is -0.641. The van der Waals surface area contributed by atoms with Gasteiger partial charge in [0.1, 0.15) is 11.5 Å². The monoisotopic (exact) mass is 267 g/mol. The number of phenols is 2. The Kier molecular flexibility index (Phi) is 5.18. The van der Waals surface area contributed by atoms with Crippen LogP contribution in [-0.2, 0) is 0 Å². The normalized spacial score (nSPS) is 11.3. The zero-order chi connectivity index (χ0) is 14.5. The Morgan fingerprint density at radius 1 is 1.21 bits per heavy atom. The number of aliphatic hydroxyl groups is 1. The van der Waals surface area contributed by atoms with Gasteiger partial charge in [0.25, 0.3) is 5.91 Å². The van der Waals surface area contributed by atoms with E-state index < -0.39 is 0 Å². The summed E-state index contributed by atoms with van der Waals surface area (Å²) in [6.07, 6.45) is 1.49. The smallest absolute Gasteiger partial charge is 0.251 e. The molecule has 0 heterocycles. The molecule has 0 aliphatic heterocycles. The molecule has 0 atom stereocenters. The topological polar surface area (TPSA) is 89.8 Å². The zero-order valence-corrected chi connectivity index (χ0v) is 11.3. The van der Waals surface area contributed by atoms with Crippen LogP contribution >= 0.6 is 0 Å². The van der Waals surface area contributed by atoms with Crippen LogP contribution in [0.4, 0.5) is 0 Å². The molecule has 5 nitrogen and oxygen atoms in total. The van der Waals surface area contributed by atoms with Crippen LogP contribution in [0.2, 0.25) is 0 Å². The molecule has 1 aromatic rings. The fraction of sp³-hybridized carbons (Fsp3) is 0.500. The first-order chi connectivity index (χ1) is 8.84. The van der Waals surface area contributed by atoms with Crippen molar-refractivity contribution >= 4 is 5.91 Å². The second kappa shape index (κ2) is 6.43. The number of rotatable bonds is 6. The van der Waals surface area contributed by atoms with Gasteiger partial charge in [0.15, 0.2) is 0 Å². The molecule has 106 valence electrons. The minimum atomic E-state index is -0.344. The van der Waals surface area contributed by atoms with Crippen molar-refractivity contribution in [3.63, 3.8) is 0 Å². The van der Waals surface area contributed by atoms with Gasteiger partial charge >= 0.3 is 0 Å². The number of hydrogen-bond donors (Lipinski definition) is 4. The average Bonchev–Trinajstić information content (AvgIpc) is 2.32. The molecule has 0 spiro atoms. The number of hydrogen-bond acceptors (Lipinski definition) is 4. The molecule has 1 aromatic carbocycles. The highest BCUT2D eigenvalue weighted by Gasteiger charge is 2.19. The molecular weight excluding hydrogens is 246 g/mol. The van der Waals surface area contributed by atoms with Crippen LogP contribution in [-0.4, -0.2) is 34.4 Å². The summed E-state index contributed by atoms with van der Waals surface area (Å²) in [4.78, 5) is 11.9. The van der Waals surface area contributed by atoms with E-state index in [9.17, 15) is 15.0 Å². The van der Waals surface area contributed by atoms with Gasteiger partial charge in [0.2, 0.25) is 0 Å². The van der Waals surface area contributed by atoms with Gasteiger partial charge in [0.05, 0.1) is 0 Å². The van der Waals surface area contributed by atoms with E-state index in [4.69, 9.17) is 5.11 Å². The van der Waals surface area contributed by atoms with Crippen molar-refractivity contribution < 1.29 is 20.1 Å². The number of aliphatic hydroxyl groups excluding tert-OH is 1. The Balaban J connectivity index is 2.60. The molecule has 0 aliphatic carbocycles. The van der Waals surface area contributed by atoms with E-state index >= 15 is 0 Å². The summed E-state index contributed by atoms with van der Waals surface area (Å²) in [7, 11) is 0.